The molecule has 1 unspecified atom stereocenters. The monoisotopic (exact) mass is 318 g/mol. The van der Waals surface area contributed by atoms with Crippen LogP contribution < -0.4 is 5.32 Å². The smallest absolute Gasteiger partial charge is 0.317 e. The highest BCUT2D eigenvalue weighted by atomic mass is 35.5. The molecule has 1 atom stereocenters. The molecule has 2 amide bonds. The minimum absolute atomic E-state index is 0.0806. The maximum absolute atomic E-state index is 13.4. The fourth-order valence-corrected chi connectivity index (χ4v) is 2.92. The first kappa shape index (κ1) is 14.9. The molecule has 0 bridgehead atoms. The summed E-state index contributed by atoms with van der Waals surface area (Å²) in [6.45, 7) is 0.667. The largest absolute Gasteiger partial charge is 0.322 e. The van der Waals surface area contributed by atoms with Gasteiger partial charge in [0.1, 0.15) is 5.82 Å². The van der Waals surface area contributed by atoms with Crippen LogP contribution in [0.4, 0.5) is 14.9 Å². The fraction of sp³-hybridized carbons (Fsp3) is 0.235. The van der Waals surface area contributed by atoms with Gasteiger partial charge in [-0.15, -0.1) is 0 Å². The molecule has 1 heterocycles. The molecule has 114 valence electrons. The predicted octanol–water partition coefficient (Wildman–Crippen LogP) is 4.85. The molecule has 22 heavy (non-hydrogen) atoms. The number of nitrogens with one attached hydrogen (secondary N) is 1. The summed E-state index contributed by atoms with van der Waals surface area (Å²) >= 11 is 5.83. The van der Waals surface area contributed by atoms with Crippen molar-refractivity contribution in [3.8, 4) is 0 Å². The van der Waals surface area contributed by atoms with Gasteiger partial charge in [0.05, 0.1) is 6.04 Å². The van der Waals surface area contributed by atoms with E-state index in [0.717, 1.165) is 18.4 Å². The van der Waals surface area contributed by atoms with Crippen LogP contribution in [0.5, 0.6) is 0 Å². The summed E-state index contributed by atoms with van der Waals surface area (Å²) in [5, 5.41) is 3.48. The lowest BCUT2D eigenvalue weighted by molar-refractivity contribution is 0.207. The first-order valence-electron chi connectivity index (χ1n) is 7.22. The standard InChI is InChI=1S/C17H16ClFN2O/c18-13-6-8-15(9-7-13)20-17(22)21-10-2-5-16(21)12-3-1-4-14(19)11-12/h1,3-4,6-9,11,16H,2,5,10H2,(H,20,22). The topological polar surface area (TPSA) is 32.3 Å². The van der Waals surface area contributed by atoms with Gasteiger partial charge in [-0.1, -0.05) is 23.7 Å². The molecule has 1 aliphatic rings. The molecular formula is C17H16ClFN2O. The summed E-state index contributed by atoms with van der Waals surface area (Å²) in [6.07, 6.45) is 1.76. The lowest BCUT2D eigenvalue weighted by Crippen LogP contribution is -2.34. The van der Waals surface area contributed by atoms with Crippen LogP contribution in [0, 0.1) is 5.82 Å². The highest BCUT2D eigenvalue weighted by Gasteiger charge is 2.30. The number of amides is 2. The Kier molecular flexibility index (Phi) is 4.29. The predicted molar refractivity (Wildman–Crippen MR) is 85.6 cm³/mol. The molecule has 2 aromatic carbocycles. The number of rotatable bonds is 2. The van der Waals surface area contributed by atoms with E-state index in [2.05, 4.69) is 5.32 Å². The van der Waals surface area contributed by atoms with Gasteiger partial charge in [0.25, 0.3) is 0 Å². The maximum Gasteiger partial charge on any atom is 0.322 e. The second kappa shape index (κ2) is 6.36. The normalized spacial score (nSPS) is 17.5. The van der Waals surface area contributed by atoms with E-state index in [1.165, 1.54) is 12.1 Å². The lowest BCUT2D eigenvalue weighted by atomic mass is 10.0. The van der Waals surface area contributed by atoms with Crippen molar-refractivity contribution in [2.24, 2.45) is 0 Å². The number of nitrogens with zero attached hydrogens (tertiary/aromatic N) is 1. The molecule has 1 aliphatic heterocycles. The first-order chi connectivity index (χ1) is 10.6. The number of benzene rings is 2. The Morgan fingerprint density at radius 2 is 2.00 bits per heavy atom. The Morgan fingerprint density at radius 1 is 1.23 bits per heavy atom. The van der Waals surface area contributed by atoms with Crippen molar-refractivity contribution in [3.63, 3.8) is 0 Å². The molecule has 1 saturated heterocycles. The van der Waals surface area contributed by atoms with Gasteiger partial charge in [0, 0.05) is 17.3 Å². The summed E-state index contributed by atoms with van der Waals surface area (Å²) < 4.78 is 13.4. The van der Waals surface area contributed by atoms with Crippen molar-refractivity contribution >= 4 is 23.3 Å². The maximum atomic E-state index is 13.4. The molecule has 3 nitrogen and oxygen atoms in total. The van der Waals surface area contributed by atoms with Crippen LogP contribution in [0.15, 0.2) is 48.5 Å². The molecule has 3 rings (SSSR count). The second-order valence-corrected chi connectivity index (χ2v) is 5.78. The van der Waals surface area contributed by atoms with Crippen molar-refractivity contribution in [3.05, 3.63) is 64.9 Å². The first-order valence-corrected chi connectivity index (χ1v) is 7.60. The molecule has 1 N–H and O–H groups in total. The SMILES string of the molecule is O=C(Nc1ccc(Cl)cc1)N1CCCC1c1cccc(F)c1. The van der Waals surface area contributed by atoms with Gasteiger partial charge in [0.2, 0.25) is 0 Å². The number of carbonyl (C=O) groups is 1. The van der Waals surface area contributed by atoms with Gasteiger partial charge in [-0.05, 0) is 54.8 Å². The number of halogens is 2. The number of hydrogen-bond donors (Lipinski definition) is 1. The van der Waals surface area contributed by atoms with E-state index < -0.39 is 0 Å². The van der Waals surface area contributed by atoms with Gasteiger partial charge in [-0.25, -0.2) is 9.18 Å². The zero-order valence-corrected chi connectivity index (χ0v) is 12.7. The zero-order chi connectivity index (χ0) is 15.5. The van der Waals surface area contributed by atoms with Crippen LogP contribution in [0.2, 0.25) is 5.02 Å². The van der Waals surface area contributed by atoms with Gasteiger partial charge in [-0.3, -0.25) is 0 Å². The molecule has 0 aromatic heterocycles. The molecule has 0 aliphatic carbocycles. The lowest BCUT2D eigenvalue weighted by Gasteiger charge is -2.25. The van der Waals surface area contributed by atoms with Crippen LogP contribution in [0.1, 0.15) is 24.4 Å². The third kappa shape index (κ3) is 3.22. The van der Waals surface area contributed by atoms with Crippen molar-refractivity contribution in [2.75, 3.05) is 11.9 Å². The van der Waals surface area contributed by atoms with Crippen LogP contribution >= 0.6 is 11.6 Å². The van der Waals surface area contributed by atoms with E-state index in [1.807, 2.05) is 6.07 Å². The summed E-state index contributed by atoms with van der Waals surface area (Å²) in [6, 6.07) is 13.2. The summed E-state index contributed by atoms with van der Waals surface area (Å²) in [5.74, 6) is -0.276. The summed E-state index contributed by atoms with van der Waals surface area (Å²) in [5.41, 5.74) is 1.53. The number of anilines is 1. The van der Waals surface area contributed by atoms with E-state index in [-0.39, 0.29) is 17.9 Å². The molecule has 1 fully saturated rings. The van der Waals surface area contributed by atoms with Crippen molar-refractivity contribution < 1.29 is 9.18 Å². The van der Waals surface area contributed by atoms with Gasteiger partial charge >= 0.3 is 6.03 Å². The van der Waals surface area contributed by atoms with Gasteiger partial charge < -0.3 is 10.2 Å². The fourth-order valence-electron chi connectivity index (χ4n) is 2.80. The highest BCUT2D eigenvalue weighted by molar-refractivity contribution is 6.30. The molecule has 0 saturated carbocycles. The van der Waals surface area contributed by atoms with E-state index in [9.17, 15) is 9.18 Å². The Balaban J connectivity index is 1.75. The highest BCUT2D eigenvalue weighted by Crippen LogP contribution is 2.32. The quantitative estimate of drug-likeness (QED) is 0.843. The second-order valence-electron chi connectivity index (χ2n) is 5.34. The molecule has 0 spiro atoms. The molecular weight excluding hydrogens is 303 g/mol. The van der Waals surface area contributed by atoms with Crippen LogP contribution in [-0.4, -0.2) is 17.5 Å². The molecule has 2 aromatic rings. The summed E-state index contributed by atoms with van der Waals surface area (Å²) in [4.78, 5) is 14.2. The average molecular weight is 319 g/mol. The van der Waals surface area contributed by atoms with Crippen molar-refractivity contribution in [1.82, 2.24) is 4.90 Å². The number of hydrogen-bond acceptors (Lipinski definition) is 1. The van der Waals surface area contributed by atoms with Gasteiger partial charge in [-0.2, -0.15) is 0 Å². The van der Waals surface area contributed by atoms with Crippen LogP contribution in [-0.2, 0) is 0 Å². The minimum atomic E-state index is -0.276. The minimum Gasteiger partial charge on any atom is -0.317 e. The van der Waals surface area contributed by atoms with Crippen molar-refractivity contribution in [2.45, 2.75) is 18.9 Å². The Labute approximate surface area is 133 Å². The Bertz CT molecular complexity index is 675. The third-order valence-corrected chi connectivity index (χ3v) is 4.09. The van der Waals surface area contributed by atoms with Gasteiger partial charge in [0.15, 0.2) is 0 Å². The van der Waals surface area contributed by atoms with Crippen LogP contribution in [0.3, 0.4) is 0 Å². The Hall–Kier alpha value is -2.07. The number of likely N-dealkylation sites (tertiary alicyclic amines) is 1. The van der Waals surface area contributed by atoms with E-state index >= 15 is 0 Å². The average Bonchev–Trinajstić information content (AvgIpc) is 2.99. The number of urea groups is 1. The van der Waals surface area contributed by atoms with E-state index in [1.54, 1.807) is 35.2 Å². The third-order valence-electron chi connectivity index (χ3n) is 3.84. The van der Waals surface area contributed by atoms with Crippen LogP contribution in [0.25, 0.3) is 0 Å². The number of carbonyl (C=O) groups excluding carboxylic acids is 1. The zero-order valence-electron chi connectivity index (χ0n) is 11.9. The van der Waals surface area contributed by atoms with E-state index in [4.69, 9.17) is 11.6 Å². The Morgan fingerprint density at radius 3 is 2.73 bits per heavy atom. The van der Waals surface area contributed by atoms with Crippen molar-refractivity contribution in [1.29, 1.82) is 0 Å². The summed E-state index contributed by atoms with van der Waals surface area (Å²) in [7, 11) is 0. The molecule has 5 heteroatoms. The molecule has 0 radical (unpaired) electrons. The van der Waals surface area contributed by atoms with E-state index in [0.29, 0.717) is 17.3 Å².